The van der Waals surface area contributed by atoms with Crippen LogP contribution in [0.15, 0.2) is 0 Å². The summed E-state index contributed by atoms with van der Waals surface area (Å²) < 4.78 is 36.5. The fraction of sp³-hybridized carbons (Fsp3) is 0.867. The van der Waals surface area contributed by atoms with Crippen molar-refractivity contribution in [3.05, 3.63) is 0 Å². The van der Waals surface area contributed by atoms with Gasteiger partial charge < -0.3 is 10.2 Å². The normalized spacial score (nSPS) is 39.0. The van der Waals surface area contributed by atoms with E-state index in [4.69, 9.17) is 0 Å². The van der Waals surface area contributed by atoms with Gasteiger partial charge in [0.1, 0.15) is 0 Å². The summed E-state index contributed by atoms with van der Waals surface area (Å²) in [5.41, 5.74) is 0.305. The zero-order chi connectivity index (χ0) is 16.4. The lowest BCUT2D eigenvalue weighted by atomic mass is 9.79. The van der Waals surface area contributed by atoms with Gasteiger partial charge in [-0.15, -0.1) is 0 Å². The number of fused-ring (bicyclic) bond motifs is 1. The highest BCUT2D eigenvalue weighted by Crippen LogP contribution is 2.64. The predicted molar refractivity (Wildman–Crippen MR) is 72.6 cm³/mol. The topological polar surface area (TPSA) is 49.4 Å². The van der Waals surface area contributed by atoms with E-state index in [0.717, 1.165) is 6.54 Å². The van der Waals surface area contributed by atoms with Gasteiger partial charge >= 0.3 is 12.1 Å². The van der Waals surface area contributed by atoms with Gasteiger partial charge in [0.25, 0.3) is 0 Å². The SMILES string of the molecule is C[C@@H]1[C@@H]2[C@H](CN1C(=O)C1CC(NC(=O)C(F)(F)F)C1)C2(C)C. The first-order valence-electron chi connectivity index (χ1n) is 7.71. The monoisotopic (exact) mass is 318 g/mol. The number of nitrogens with one attached hydrogen (secondary N) is 1. The molecule has 2 aliphatic carbocycles. The Kier molecular flexibility index (Phi) is 3.28. The first-order valence-corrected chi connectivity index (χ1v) is 7.71. The van der Waals surface area contributed by atoms with E-state index in [9.17, 15) is 22.8 Å². The van der Waals surface area contributed by atoms with Crippen LogP contribution in [0.5, 0.6) is 0 Å². The van der Waals surface area contributed by atoms with Gasteiger partial charge in [-0.2, -0.15) is 13.2 Å². The van der Waals surface area contributed by atoms with Crippen LogP contribution < -0.4 is 5.32 Å². The van der Waals surface area contributed by atoms with E-state index in [0.29, 0.717) is 30.1 Å². The molecule has 0 spiro atoms. The van der Waals surface area contributed by atoms with Crippen molar-refractivity contribution in [2.45, 2.75) is 51.9 Å². The van der Waals surface area contributed by atoms with Crippen LogP contribution in [0.3, 0.4) is 0 Å². The number of hydrogen-bond acceptors (Lipinski definition) is 2. The van der Waals surface area contributed by atoms with E-state index < -0.39 is 18.1 Å². The number of amides is 2. The molecule has 0 unspecified atom stereocenters. The molecule has 2 saturated carbocycles. The lowest BCUT2D eigenvalue weighted by Crippen LogP contribution is -2.54. The van der Waals surface area contributed by atoms with Crippen molar-refractivity contribution < 1.29 is 22.8 Å². The molecule has 0 aromatic carbocycles. The maximum atomic E-state index is 12.4. The third-order valence-corrected chi connectivity index (χ3v) is 5.91. The maximum absolute atomic E-state index is 12.4. The second-order valence-electron chi connectivity index (χ2n) is 7.52. The standard InChI is InChI=1S/C15H21F3N2O2/c1-7-11-10(14(11,2)3)6-20(7)12(21)8-4-9(5-8)19-13(22)15(16,17)18/h7-11H,4-6H2,1-3H3,(H,19,22)/t7-,8?,9?,10+,11-/m1/s1. The number of alkyl halides is 3. The number of halogens is 3. The van der Waals surface area contributed by atoms with Gasteiger partial charge in [-0.3, -0.25) is 9.59 Å². The Morgan fingerprint density at radius 3 is 2.27 bits per heavy atom. The molecule has 0 aromatic rings. The molecule has 1 N–H and O–H groups in total. The third kappa shape index (κ3) is 2.29. The van der Waals surface area contributed by atoms with Crippen molar-refractivity contribution in [1.29, 1.82) is 0 Å². The van der Waals surface area contributed by atoms with E-state index in [1.165, 1.54) is 0 Å². The van der Waals surface area contributed by atoms with Crippen molar-refractivity contribution >= 4 is 11.8 Å². The molecule has 22 heavy (non-hydrogen) atoms. The van der Waals surface area contributed by atoms with Gasteiger partial charge in [-0.25, -0.2) is 0 Å². The molecule has 1 heterocycles. The van der Waals surface area contributed by atoms with Crippen LogP contribution >= 0.6 is 0 Å². The lowest BCUT2D eigenvalue weighted by Gasteiger charge is -2.39. The Balaban J connectivity index is 1.48. The van der Waals surface area contributed by atoms with Crippen molar-refractivity contribution in [2.24, 2.45) is 23.2 Å². The van der Waals surface area contributed by atoms with Crippen LogP contribution in [0.25, 0.3) is 0 Å². The van der Waals surface area contributed by atoms with Crippen LogP contribution in [0, 0.1) is 23.2 Å². The summed E-state index contributed by atoms with van der Waals surface area (Å²) >= 11 is 0. The molecule has 3 atom stereocenters. The number of hydrogen-bond donors (Lipinski definition) is 1. The Labute approximate surface area is 127 Å². The summed E-state index contributed by atoms with van der Waals surface area (Å²) in [5.74, 6) is -1.04. The molecule has 0 radical (unpaired) electrons. The lowest BCUT2D eigenvalue weighted by molar-refractivity contribution is -0.175. The highest BCUT2D eigenvalue weighted by Gasteiger charge is 2.66. The Morgan fingerprint density at radius 2 is 1.82 bits per heavy atom. The molecule has 2 amide bonds. The molecule has 124 valence electrons. The average Bonchev–Trinajstić information content (AvgIpc) is 2.70. The van der Waals surface area contributed by atoms with Gasteiger partial charge in [0.2, 0.25) is 5.91 Å². The smallest absolute Gasteiger partial charge is 0.345 e. The van der Waals surface area contributed by atoms with Gasteiger partial charge in [-0.1, -0.05) is 13.8 Å². The van der Waals surface area contributed by atoms with E-state index in [1.54, 1.807) is 0 Å². The summed E-state index contributed by atoms with van der Waals surface area (Å²) in [7, 11) is 0. The van der Waals surface area contributed by atoms with Gasteiger partial charge in [0.15, 0.2) is 0 Å². The number of piperidine rings is 1. The zero-order valence-corrected chi connectivity index (χ0v) is 12.9. The van der Waals surface area contributed by atoms with Crippen LogP contribution in [-0.2, 0) is 9.59 Å². The van der Waals surface area contributed by atoms with Gasteiger partial charge in [0.05, 0.1) is 0 Å². The fourth-order valence-electron chi connectivity index (χ4n) is 4.39. The highest BCUT2D eigenvalue weighted by molar-refractivity contribution is 5.84. The molecule has 3 rings (SSSR count). The Morgan fingerprint density at radius 1 is 1.23 bits per heavy atom. The largest absolute Gasteiger partial charge is 0.471 e. The van der Waals surface area contributed by atoms with Gasteiger partial charge in [0, 0.05) is 24.5 Å². The van der Waals surface area contributed by atoms with E-state index >= 15 is 0 Å². The molecule has 3 fully saturated rings. The van der Waals surface area contributed by atoms with Crippen LogP contribution in [0.2, 0.25) is 0 Å². The summed E-state index contributed by atoms with van der Waals surface area (Å²) in [5, 5.41) is 1.94. The zero-order valence-electron chi connectivity index (χ0n) is 12.9. The molecular formula is C15H21F3N2O2. The van der Waals surface area contributed by atoms with E-state index in [1.807, 2.05) is 10.2 Å². The molecule has 7 heteroatoms. The maximum Gasteiger partial charge on any atom is 0.471 e. The second kappa shape index (κ2) is 4.61. The van der Waals surface area contributed by atoms with E-state index in [-0.39, 0.29) is 17.9 Å². The first kappa shape index (κ1) is 15.6. The number of carbonyl (C=O) groups is 2. The average molecular weight is 318 g/mol. The molecule has 1 aliphatic heterocycles. The summed E-state index contributed by atoms with van der Waals surface area (Å²) in [4.78, 5) is 25.2. The number of nitrogens with zero attached hydrogens (tertiary/aromatic N) is 1. The molecular weight excluding hydrogens is 297 g/mol. The minimum absolute atomic E-state index is 0.0352. The third-order valence-electron chi connectivity index (χ3n) is 5.91. The minimum Gasteiger partial charge on any atom is -0.345 e. The predicted octanol–water partition coefficient (Wildman–Crippen LogP) is 1.95. The number of likely N-dealkylation sites (tertiary alicyclic amines) is 1. The van der Waals surface area contributed by atoms with Crippen molar-refractivity contribution in [3.8, 4) is 0 Å². The fourth-order valence-corrected chi connectivity index (χ4v) is 4.39. The van der Waals surface area contributed by atoms with Gasteiger partial charge in [-0.05, 0) is 37.0 Å². The second-order valence-corrected chi connectivity index (χ2v) is 7.52. The number of carbonyl (C=O) groups excluding carboxylic acids is 2. The molecule has 1 saturated heterocycles. The first-order chi connectivity index (χ1) is 10.0. The molecule has 4 nitrogen and oxygen atoms in total. The van der Waals surface area contributed by atoms with Crippen LogP contribution in [0.4, 0.5) is 13.2 Å². The summed E-state index contributed by atoms with van der Waals surface area (Å²) in [6.07, 6.45) is -4.24. The summed E-state index contributed by atoms with van der Waals surface area (Å²) in [6, 6.07) is -0.330. The quantitative estimate of drug-likeness (QED) is 0.846. The minimum atomic E-state index is -4.86. The van der Waals surface area contributed by atoms with E-state index in [2.05, 4.69) is 20.8 Å². The molecule has 0 aromatic heterocycles. The Hall–Kier alpha value is -1.27. The molecule has 0 bridgehead atoms. The summed E-state index contributed by atoms with van der Waals surface area (Å²) in [6.45, 7) is 7.24. The van der Waals surface area contributed by atoms with Crippen molar-refractivity contribution in [2.75, 3.05) is 6.54 Å². The van der Waals surface area contributed by atoms with Crippen LogP contribution in [-0.4, -0.2) is 41.5 Å². The van der Waals surface area contributed by atoms with Crippen LogP contribution in [0.1, 0.15) is 33.6 Å². The van der Waals surface area contributed by atoms with Crippen molar-refractivity contribution in [3.63, 3.8) is 0 Å². The molecule has 3 aliphatic rings. The highest BCUT2D eigenvalue weighted by atomic mass is 19.4. The Bertz CT molecular complexity index is 511. The number of rotatable bonds is 2. The van der Waals surface area contributed by atoms with Crippen molar-refractivity contribution in [1.82, 2.24) is 10.2 Å².